The molecule has 0 aliphatic carbocycles. The molecule has 1 N–H and O–H groups in total. The molecule has 23 heavy (non-hydrogen) atoms. The van der Waals surface area contributed by atoms with Crippen LogP contribution in [0.25, 0.3) is 0 Å². The number of nitrogens with one attached hydrogen (secondary N) is 1. The number of benzene rings is 1. The molecule has 0 aromatic heterocycles. The maximum atomic E-state index is 12.3. The smallest absolute Gasteiger partial charge is 0.321 e. The minimum atomic E-state index is -1.12. The van der Waals surface area contributed by atoms with Crippen molar-refractivity contribution in [3.05, 3.63) is 35.9 Å². The van der Waals surface area contributed by atoms with Crippen molar-refractivity contribution in [2.75, 3.05) is 19.8 Å². The number of carbonyl (C=O) groups is 3. The van der Waals surface area contributed by atoms with Crippen LogP contribution < -0.4 is 5.32 Å². The molecule has 1 rings (SSSR count). The van der Waals surface area contributed by atoms with Crippen LogP contribution in [0.5, 0.6) is 0 Å². The van der Waals surface area contributed by atoms with Crippen molar-refractivity contribution < 1.29 is 23.9 Å². The van der Waals surface area contributed by atoms with Crippen LogP contribution in [0.15, 0.2) is 30.3 Å². The van der Waals surface area contributed by atoms with Gasteiger partial charge in [0.15, 0.2) is 5.92 Å². The normalized spacial score (nSPS) is 11.7. The van der Waals surface area contributed by atoms with Crippen molar-refractivity contribution in [1.82, 2.24) is 5.32 Å². The highest BCUT2D eigenvalue weighted by Crippen LogP contribution is 2.27. The standard InChI is InChI=1S/C17H23NO5/c1-4-22-16(20)15(17(21)23-5-2)14(11-18-12(3)19)13-9-7-6-8-10-13/h6-10,14-15H,4-5,11H2,1-3H3,(H,18,19). The summed E-state index contributed by atoms with van der Waals surface area (Å²) in [7, 11) is 0. The molecular formula is C17H23NO5. The Balaban J connectivity index is 3.16. The van der Waals surface area contributed by atoms with E-state index in [9.17, 15) is 14.4 Å². The predicted octanol–water partition coefficient (Wildman–Crippen LogP) is 1.65. The Hall–Kier alpha value is -2.37. The molecule has 0 fully saturated rings. The van der Waals surface area contributed by atoms with E-state index in [1.54, 1.807) is 26.0 Å². The monoisotopic (exact) mass is 321 g/mol. The van der Waals surface area contributed by atoms with Gasteiger partial charge in [0, 0.05) is 19.4 Å². The second-order valence-electron chi connectivity index (χ2n) is 4.94. The quantitative estimate of drug-likeness (QED) is 0.581. The number of hydrogen-bond donors (Lipinski definition) is 1. The van der Waals surface area contributed by atoms with Gasteiger partial charge in [0.1, 0.15) is 0 Å². The molecular weight excluding hydrogens is 298 g/mol. The van der Waals surface area contributed by atoms with Crippen molar-refractivity contribution in [1.29, 1.82) is 0 Å². The molecule has 1 aromatic carbocycles. The average molecular weight is 321 g/mol. The Labute approximate surface area is 136 Å². The third-order valence-electron chi connectivity index (χ3n) is 3.28. The molecule has 0 aliphatic heterocycles. The molecule has 1 aromatic rings. The first-order valence-corrected chi connectivity index (χ1v) is 7.63. The average Bonchev–Trinajstić information content (AvgIpc) is 2.52. The van der Waals surface area contributed by atoms with E-state index < -0.39 is 23.8 Å². The van der Waals surface area contributed by atoms with Gasteiger partial charge in [0.05, 0.1) is 13.2 Å². The summed E-state index contributed by atoms with van der Waals surface area (Å²) in [4.78, 5) is 35.8. The molecule has 1 atom stereocenters. The molecule has 0 saturated carbocycles. The summed E-state index contributed by atoms with van der Waals surface area (Å²) in [6.07, 6.45) is 0. The molecule has 1 unspecified atom stereocenters. The number of ether oxygens (including phenoxy) is 2. The fourth-order valence-corrected chi connectivity index (χ4v) is 2.27. The Morgan fingerprint density at radius 2 is 1.52 bits per heavy atom. The van der Waals surface area contributed by atoms with Gasteiger partial charge >= 0.3 is 11.9 Å². The topological polar surface area (TPSA) is 81.7 Å². The summed E-state index contributed by atoms with van der Waals surface area (Å²) in [6, 6.07) is 9.06. The lowest BCUT2D eigenvalue weighted by molar-refractivity contribution is -0.163. The van der Waals surface area contributed by atoms with E-state index in [1.165, 1.54) is 6.92 Å². The first-order valence-electron chi connectivity index (χ1n) is 7.63. The molecule has 0 spiro atoms. The predicted molar refractivity (Wildman–Crippen MR) is 84.6 cm³/mol. The van der Waals surface area contributed by atoms with Crippen LogP contribution in [0.3, 0.4) is 0 Å². The molecule has 1 amide bonds. The summed E-state index contributed by atoms with van der Waals surface area (Å²) >= 11 is 0. The van der Waals surface area contributed by atoms with Crippen LogP contribution in [0.1, 0.15) is 32.3 Å². The zero-order valence-electron chi connectivity index (χ0n) is 13.7. The number of esters is 2. The maximum Gasteiger partial charge on any atom is 0.321 e. The second kappa shape index (κ2) is 9.61. The van der Waals surface area contributed by atoms with Crippen LogP contribution in [0.2, 0.25) is 0 Å². The van der Waals surface area contributed by atoms with Gasteiger partial charge in [-0.3, -0.25) is 14.4 Å². The number of hydrogen-bond acceptors (Lipinski definition) is 5. The van der Waals surface area contributed by atoms with Crippen LogP contribution >= 0.6 is 0 Å². The SMILES string of the molecule is CCOC(=O)C(C(=O)OCC)C(CNC(C)=O)c1ccccc1. The van der Waals surface area contributed by atoms with Gasteiger partial charge in [0.25, 0.3) is 0 Å². The van der Waals surface area contributed by atoms with Crippen molar-refractivity contribution in [3.63, 3.8) is 0 Å². The minimum Gasteiger partial charge on any atom is -0.465 e. The van der Waals surface area contributed by atoms with E-state index >= 15 is 0 Å². The van der Waals surface area contributed by atoms with Crippen molar-refractivity contribution in [2.45, 2.75) is 26.7 Å². The minimum absolute atomic E-state index is 0.141. The second-order valence-corrected chi connectivity index (χ2v) is 4.94. The van der Waals surface area contributed by atoms with Gasteiger partial charge in [-0.1, -0.05) is 30.3 Å². The van der Waals surface area contributed by atoms with Gasteiger partial charge in [-0.05, 0) is 19.4 Å². The van der Waals surface area contributed by atoms with Gasteiger partial charge < -0.3 is 14.8 Å². The Morgan fingerprint density at radius 1 is 1.00 bits per heavy atom. The van der Waals surface area contributed by atoms with Crippen LogP contribution in [-0.2, 0) is 23.9 Å². The fourth-order valence-electron chi connectivity index (χ4n) is 2.27. The Morgan fingerprint density at radius 3 is 1.96 bits per heavy atom. The lowest BCUT2D eigenvalue weighted by Gasteiger charge is -2.24. The van der Waals surface area contributed by atoms with Crippen LogP contribution in [0, 0.1) is 5.92 Å². The Kier molecular flexibility index (Phi) is 7.80. The van der Waals surface area contributed by atoms with Crippen molar-refractivity contribution in [3.8, 4) is 0 Å². The summed E-state index contributed by atoms with van der Waals surface area (Å²) in [5, 5.41) is 2.66. The molecule has 126 valence electrons. The van der Waals surface area contributed by atoms with Gasteiger partial charge in [-0.25, -0.2) is 0 Å². The molecule has 0 radical (unpaired) electrons. The molecule has 6 nitrogen and oxygen atoms in total. The fraction of sp³-hybridized carbons (Fsp3) is 0.471. The lowest BCUT2D eigenvalue weighted by atomic mass is 9.85. The highest BCUT2D eigenvalue weighted by molar-refractivity contribution is 5.96. The van der Waals surface area contributed by atoms with E-state index in [4.69, 9.17) is 9.47 Å². The van der Waals surface area contributed by atoms with Crippen molar-refractivity contribution >= 4 is 17.8 Å². The zero-order chi connectivity index (χ0) is 17.2. The summed E-state index contributed by atoms with van der Waals surface area (Å²) < 4.78 is 10.1. The highest BCUT2D eigenvalue weighted by atomic mass is 16.6. The van der Waals surface area contributed by atoms with Crippen LogP contribution in [-0.4, -0.2) is 37.6 Å². The van der Waals surface area contributed by atoms with E-state index in [0.717, 1.165) is 5.56 Å². The van der Waals surface area contributed by atoms with E-state index in [1.807, 2.05) is 18.2 Å². The lowest BCUT2D eigenvalue weighted by Crippen LogP contribution is -2.39. The van der Waals surface area contributed by atoms with Gasteiger partial charge in [-0.2, -0.15) is 0 Å². The highest BCUT2D eigenvalue weighted by Gasteiger charge is 2.38. The molecule has 0 saturated heterocycles. The molecule has 0 heterocycles. The van der Waals surface area contributed by atoms with E-state index in [2.05, 4.69) is 5.32 Å². The summed E-state index contributed by atoms with van der Waals surface area (Å²) in [6.45, 7) is 5.19. The molecule has 6 heteroatoms. The van der Waals surface area contributed by atoms with E-state index in [-0.39, 0.29) is 25.7 Å². The third kappa shape index (κ3) is 5.73. The molecule has 0 aliphatic rings. The number of rotatable bonds is 8. The van der Waals surface area contributed by atoms with Crippen LogP contribution in [0.4, 0.5) is 0 Å². The van der Waals surface area contributed by atoms with Gasteiger partial charge in [-0.15, -0.1) is 0 Å². The van der Waals surface area contributed by atoms with E-state index in [0.29, 0.717) is 0 Å². The number of amides is 1. The first kappa shape index (κ1) is 18.7. The summed E-state index contributed by atoms with van der Waals surface area (Å²) in [5.41, 5.74) is 0.757. The Bertz CT molecular complexity index is 511. The zero-order valence-corrected chi connectivity index (χ0v) is 13.7. The van der Waals surface area contributed by atoms with Gasteiger partial charge in [0.2, 0.25) is 5.91 Å². The first-order chi connectivity index (χ1) is 11.0. The van der Waals surface area contributed by atoms with Crippen molar-refractivity contribution in [2.24, 2.45) is 5.92 Å². The summed E-state index contributed by atoms with van der Waals surface area (Å²) in [5.74, 6) is -3.21. The third-order valence-corrected chi connectivity index (χ3v) is 3.28. The number of carbonyl (C=O) groups excluding carboxylic acids is 3. The largest absolute Gasteiger partial charge is 0.465 e. The maximum absolute atomic E-state index is 12.3. The molecule has 0 bridgehead atoms.